The SMILES string of the molecule is COCCCC(=O)c1ccc2nn(CC3CCN(C(=O)c4ccccc4OC)CC3)cc2c1C. The Morgan fingerprint density at radius 1 is 1.06 bits per heavy atom. The minimum atomic E-state index is 0.0269. The summed E-state index contributed by atoms with van der Waals surface area (Å²) in [6, 6.07) is 11.2. The van der Waals surface area contributed by atoms with Crippen molar-refractivity contribution in [2.75, 3.05) is 33.9 Å². The molecular formula is C27H33N3O4. The molecule has 1 aliphatic heterocycles. The number of nitrogens with zero attached hydrogens (tertiary/aromatic N) is 3. The first-order valence-corrected chi connectivity index (χ1v) is 11.9. The lowest BCUT2D eigenvalue weighted by atomic mass is 9.96. The Hall–Kier alpha value is -3.19. The lowest BCUT2D eigenvalue weighted by Crippen LogP contribution is -2.39. The highest BCUT2D eigenvalue weighted by atomic mass is 16.5. The minimum absolute atomic E-state index is 0.0269. The van der Waals surface area contributed by atoms with Gasteiger partial charge in [0, 0.05) is 56.9 Å². The van der Waals surface area contributed by atoms with E-state index in [0.717, 1.165) is 60.9 Å². The number of amides is 1. The fraction of sp³-hybridized carbons (Fsp3) is 0.444. The van der Waals surface area contributed by atoms with Gasteiger partial charge in [0.15, 0.2) is 5.78 Å². The maximum atomic E-state index is 13.0. The highest BCUT2D eigenvalue weighted by Crippen LogP contribution is 2.26. The topological polar surface area (TPSA) is 73.7 Å². The quantitative estimate of drug-likeness (QED) is 0.345. The van der Waals surface area contributed by atoms with E-state index in [0.29, 0.717) is 30.3 Å². The van der Waals surface area contributed by atoms with E-state index in [1.165, 1.54) is 0 Å². The predicted molar refractivity (Wildman–Crippen MR) is 132 cm³/mol. The summed E-state index contributed by atoms with van der Waals surface area (Å²) < 4.78 is 12.4. The van der Waals surface area contributed by atoms with Crippen molar-refractivity contribution in [3.8, 4) is 5.75 Å². The molecule has 0 spiro atoms. The van der Waals surface area contributed by atoms with E-state index in [1.807, 2.05) is 52.9 Å². The number of methoxy groups -OCH3 is 2. The summed E-state index contributed by atoms with van der Waals surface area (Å²) in [4.78, 5) is 27.5. The molecule has 180 valence electrons. The van der Waals surface area contributed by atoms with E-state index < -0.39 is 0 Å². The maximum Gasteiger partial charge on any atom is 0.257 e. The molecule has 0 aliphatic carbocycles. The smallest absolute Gasteiger partial charge is 0.257 e. The number of aromatic nitrogens is 2. The number of carbonyl (C=O) groups is 2. The molecule has 1 aliphatic rings. The number of likely N-dealkylation sites (tertiary alicyclic amines) is 1. The van der Waals surface area contributed by atoms with Crippen LogP contribution in [0.5, 0.6) is 5.75 Å². The van der Waals surface area contributed by atoms with Crippen LogP contribution in [-0.2, 0) is 11.3 Å². The third kappa shape index (κ3) is 5.14. The molecule has 2 heterocycles. The normalized spacial score (nSPS) is 14.5. The second-order valence-electron chi connectivity index (χ2n) is 8.98. The Morgan fingerprint density at radius 2 is 1.82 bits per heavy atom. The molecule has 0 unspecified atom stereocenters. The van der Waals surface area contributed by atoms with Crippen LogP contribution in [0, 0.1) is 12.8 Å². The van der Waals surface area contributed by atoms with E-state index in [-0.39, 0.29) is 11.7 Å². The summed E-state index contributed by atoms with van der Waals surface area (Å²) in [7, 11) is 3.24. The van der Waals surface area contributed by atoms with Gasteiger partial charge in [0.2, 0.25) is 0 Å². The molecule has 0 atom stereocenters. The number of piperidine rings is 1. The molecule has 3 aromatic rings. The van der Waals surface area contributed by atoms with Gasteiger partial charge in [-0.2, -0.15) is 5.10 Å². The summed E-state index contributed by atoms with van der Waals surface area (Å²) in [6.45, 7) is 4.85. The molecule has 0 N–H and O–H groups in total. The summed E-state index contributed by atoms with van der Waals surface area (Å²) >= 11 is 0. The Balaban J connectivity index is 1.38. The van der Waals surface area contributed by atoms with Crippen molar-refractivity contribution in [1.82, 2.24) is 14.7 Å². The molecule has 34 heavy (non-hydrogen) atoms. The van der Waals surface area contributed by atoms with Crippen LogP contribution in [0.25, 0.3) is 10.9 Å². The third-order valence-corrected chi connectivity index (χ3v) is 6.74. The number of para-hydroxylation sites is 1. The second-order valence-corrected chi connectivity index (χ2v) is 8.98. The molecule has 1 aromatic heterocycles. The lowest BCUT2D eigenvalue weighted by Gasteiger charge is -2.32. The van der Waals surface area contributed by atoms with Crippen LogP contribution in [0.4, 0.5) is 0 Å². The number of rotatable bonds is 9. The maximum absolute atomic E-state index is 13.0. The van der Waals surface area contributed by atoms with E-state index in [1.54, 1.807) is 14.2 Å². The molecule has 7 heteroatoms. The zero-order valence-electron chi connectivity index (χ0n) is 20.3. The van der Waals surface area contributed by atoms with Crippen LogP contribution in [0.1, 0.15) is 52.0 Å². The minimum Gasteiger partial charge on any atom is -0.496 e. The summed E-state index contributed by atoms with van der Waals surface area (Å²) in [5, 5.41) is 5.79. The number of fused-ring (bicyclic) bond motifs is 1. The molecule has 1 saturated heterocycles. The Bertz CT molecular complexity index is 1160. The zero-order chi connectivity index (χ0) is 24.1. The molecule has 0 radical (unpaired) electrons. The van der Waals surface area contributed by atoms with E-state index in [2.05, 4.69) is 6.20 Å². The number of benzene rings is 2. The zero-order valence-corrected chi connectivity index (χ0v) is 20.3. The van der Waals surface area contributed by atoms with Crippen LogP contribution in [0.2, 0.25) is 0 Å². The van der Waals surface area contributed by atoms with Gasteiger partial charge in [-0.3, -0.25) is 14.3 Å². The molecule has 0 bridgehead atoms. The Morgan fingerprint density at radius 3 is 2.56 bits per heavy atom. The van der Waals surface area contributed by atoms with Crippen molar-refractivity contribution in [1.29, 1.82) is 0 Å². The van der Waals surface area contributed by atoms with Crippen molar-refractivity contribution in [2.24, 2.45) is 5.92 Å². The van der Waals surface area contributed by atoms with Crippen molar-refractivity contribution in [3.63, 3.8) is 0 Å². The fourth-order valence-electron chi connectivity index (χ4n) is 4.76. The molecule has 4 rings (SSSR count). The average molecular weight is 464 g/mol. The number of hydrogen-bond donors (Lipinski definition) is 0. The third-order valence-electron chi connectivity index (χ3n) is 6.74. The van der Waals surface area contributed by atoms with Crippen LogP contribution in [-0.4, -0.2) is 60.3 Å². The molecule has 1 amide bonds. The van der Waals surface area contributed by atoms with E-state index in [4.69, 9.17) is 14.6 Å². The standard InChI is InChI=1S/C27H33N3O4/c1-19-21(25(31)8-6-16-33-2)10-11-24-23(19)18-30(28-24)17-20-12-14-29(15-13-20)27(32)22-7-4-5-9-26(22)34-3/h4-5,7,9-11,18,20H,6,8,12-17H2,1-3H3. The second kappa shape index (κ2) is 10.8. The van der Waals surface area contributed by atoms with Gasteiger partial charge in [-0.05, 0) is 61.9 Å². The Kier molecular flexibility index (Phi) is 7.63. The van der Waals surface area contributed by atoms with Crippen molar-refractivity contribution in [3.05, 3.63) is 59.3 Å². The van der Waals surface area contributed by atoms with Crippen LogP contribution >= 0.6 is 0 Å². The number of hydrogen-bond acceptors (Lipinski definition) is 5. The molecule has 2 aromatic carbocycles. The van der Waals surface area contributed by atoms with Crippen LogP contribution < -0.4 is 4.74 Å². The van der Waals surface area contributed by atoms with E-state index in [9.17, 15) is 9.59 Å². The van der Waals surface area contributed by atoms with Crippen molar-refractivity contribution < 1.29 is 19.1 Å². The summed E-state index contributed by atoms with van der Waals surface area (Å²) in [6.07, 6.45) is 5.13. The number of aryl methyl sites for hydroxylation is 1. The van der Waals surface area contributed by atoms with Gasteiger partial charge < -0.3 is 14.4 Å². The van der Waals surface area contributed by atoms with E-state index >= 15 is 0 Å². The number of Topliss-reactive ketones (excluding diaryl/α,β-unsaturated/α-hetero) is 1. The van der Waals surface area contributed by atoms with Crippen LogP contribution in [0.15, 0.2) is 42.6 Å². The van der Waals surface area contributed by atoms with Crippen molar-refractivity contribution >= 4 is 22.6 Å². The van der Waals surface area contributed by atoms with Gasteiger partial charge in [0.05, 0.1) is 18.2 Å². The first kappa shape index (κ1) is 24.0. The molecule has 1 fully saturated rings. The molecule has 7 nitrogen and oxygen atoms in total. The number of ketones is 1. The number of ether oxygens (including phenoxy) is 2. The van der Waals surface area contributed by atoms with Gasteiger partial charge >= 0.3 is 0 Å². The van der Waals surface area contributed by atoms with Gasteiger partial charge in [-0.15, -0.1) is 0 Å². The first-order valence-electron chi connectivity index (χ1n) is 11.9. The highest BCUT2D eigenvalue weighted by molar-refractivity contribution is 6.01. The predicted octanol–water partition coefficient (Wildman–Crippen LogP) is 4.52. The molecule has 0 saturated carbocycles. The first-order chi connectivity index (χ1) is 16.5. The van der Waals surface area contributed by atoms with Gasteiger partial charge in [0.1, 0.15) is 5.75 Å². The average Bonchev–Trinajstić information content (AvgIpc) is 3.28. The van der Waals surface area contributed by atoms with Gasteiger partial charge in [-0.1, -0.05) is 12.1 Å². The summed E-state index contributed by atoms with van der Waals surface area (Å²) in [5.74, 6) is 1.24. The van der Waals surface area contributed by atoms with Crippen molar-refractivity contribution in [2.45, 2.75) is 39.2 Å². The van der Waals surface area contributed by atoms with Gasteiger partial charge in [-0.25, -0.2) is 0 Å². The van der Waals surface area contributed by atoms with Gasteiger partial charge in [0.25, 0.3) is 5.91 Å². The fourth-order valence-corrected chi connectivity index (χ4v) is 4.76. The summed E-state index contributed by atoms with van der Waals surface area (Å²) in [5.41, 5.74) is 3.29. The Labute approximate surface area is 200 Å². The highest BCUT2D eigenvalue weighted by Gasteiger charge is 2.26. The largest absolute Gasteiger partial charge is 0.496 e. The number of carbonyl (C=O) groups excluding carboxylic acids is 2. The lowest BCUT2D eigenvalue weighted by molar-refractivity contribution is 0.0678. The monoisotopic (exact) mass is 463 g/mol. The van der Waals surface area contributed by atoms with Crippen LogP contribution in [0.3, 0.4) is 0 Å². The molecular weight excluding hydrogens is 430 g/mol.